The zero-order valence-corrected chi connectivity index (χ0v) is 14.8. The fraction of sp³-hybridized carbons (Fsp3) is 0.381. The van der Waals surface area contributed by atoms with Crippen LogP contribution in [0, 0.1) is 0 Å². The number of ether oxygens (including phenoxy) is 1. The number of hydrogen-bond acceptors (Lipinski definition) is 3. The maximum Gasteiger partial charge on any atom is 0.255 e. The quantitative estimate of drug-likeness (QED) is 0.866. The smallest absolute Gasteiger partial charge is 0.255 e. The van der Waals surface area contributed by atoms with Crippen molar-refractivity contribution in [1.29, 1.82) is 0 Å². The molecule has 0 spiro atoms. The van der Waals surface area contributed by atoms with E-state index in [2.05, 4.69) is 22.3 Å². The number of carbonyl (C=O) groups excluding carboxylic acids is 1. The first-order chi connectivity index (χ1) is 12.2. The minimum Gasteiger partial charge on any atom is -0.497 e. The molecule has 132 valence electrons. The maximum atomic E-state index is 12.4. The van der Waals surface area contributed by atoms with Crippen LogP contribution < -0.4 is 10.1 Å². The average Bonchev–Trinajstić information content (AvgIpc) is 2.67. The Kier molecular flexibility index (Phi) is 6.07. The lowest BCUT2D eigenvalue weighted by Crippen LogP contribution is -2.31. The first kappa shape index (κ1) is 17.5. The molecule has 1 N–H and O–H groups in total. The minimum atomic E-state index is -0.101. The molecule has 1 amide bonds. The molecule has 2 aromatic carbocycles. The van der Waals surface area contributed by atoms with E-state index in [1.54, 1.807) is 31.4 Å². The van der Waals surface area contributed by atoms with E-state index in [1.165, 1.54) is 37.9 Å². The van der Waals surface area contributed by atoms with Gasteiger partial charge in [0.15, 0.2) is 0 Å². The van der Waals surface area contributed by atoms with E-state index < -0.39 is 0 Å². The number of benzene rings is 2. The van der Waals surface area contributed by atoms with Crippen molar-refractivity contribution in [1.82, 2.24) is 4.90 Å². The molecule has 0 saturated carbocycles. The molecule has 4 heteroatoms. The molecule has 25 heavy (non-hydrogen) atoms. The molecule has 0 aliphatic carbocycles. The maximum absolute atomic E-state index is 12.4. The van der Waals surface area contributed by atoms with Crippen LogP contribution in [0.2, 0.25) is 0 Å². The summed E-state index contributed by atoms with van der Waals surface area (Å²) >= 11 is 0. The molecule has 3 rings (SSSR count). The molecule has 4 nitrogen and oxygen atoms in total. The summed E-state index contributed by atoms with van der Waals surface area (Å²) in [6.07, 6.45) is 5.02. The first-order valence-electron chi connectivity index (χ1n) is 9.01. The molecule has 0 radical (unpaired) electrons. The van der Waals surface area contributed by atoms with Crippen molar-refractivity contribution in [2.24, 2.45) is 0 Å². The SMILES string of the molecule is COc1ccc(C(=O)Nc2cccc(CCN3CCCCC3)c2)cc1. The van der Waals surface area contributed by atoms with E-state index >= 15 is 0 Å². The largest absolute Gasteiger partial charge is 0.497 e. The van der Waals surface area contributed by atoms with Crippen molar-refractivity contribution in [2.45, 2.75) is 25.7 Å². The molecule has 1 heterocycles. The number of rotatable bonds is 6. The second-order valence-electron chi connectivity index (χ2n) is 6.54. The highest BCUT2D eigenvalue weighted by Gasteiger charge is 2.10. The lowest BCUT2D eigenvalue weighted by molar-refractivity contribution is 0.102. The van der Waals surface area contributed by atoms with Crippen LogP contribution >= 0.6 is 0 Å². The van der Waals surface area contributed by atoms with Gasteiger partial charge in [-0.05, 0) is 74.3 Å². The molecule has 1 saturated heterocycles. The third kappa shape index (κ3) is 5.07. The predicted molar refractivity (Wildman–Crippen MR) is 101 cm³/mol. The number of nitrogens with zero attached hydrogens (tertiary/aromatic N) is 1. The lowest BCUT2D eigenvalue weighted by Gasteiger charge is -2.26. The first-order valence-corrected chi connectivity index (χ1v) is 9.01. The molecule has 1 aliphatic rings. The van der Waals surface area contributed by atoms with Crippen molar-refractivity contribution in [3.05, 3.63) is 59.7 Å². The van der Waals surface area contributed by atoms with Crippen molar-refractivity contribution in [3.8, 4) is 5.75 Å². The van der Waals surface area contributed by atoms with Gasteiger partial charge in [-0.25, -0.2) is 0 Å². The number of amides is 1. The molecular weight excluding hydrogens is 312 g/mol. The van der Waals surface area contributed by atoms with Crippen molar-refractivity contribution in [3.63, 3.8) is 0 Å². The van der Waals surface area contributed by atoms with E-state index in [0.717, 1.165) is 24.4 Å². The van der Waals surface area contributed by atoms with Crippen molar-refractivity contribution in [2.75, 3.05) is 32.1 Å². The van der Waals surface area contributed by atoms with Crippen LogP contribution in [0.15, 0.2) is 48.5 Å². The highest BCUT2D eigenvalue weighted by Crippen LogP contribution is 2.16. The Hall–Kier alpha value is -2.33. The van der Waals surface area contributed by atoms with Gasteiger partial charge in [-0.15, -0.1) is 0 Å². The number of piperidine rings is 1. The van der Waals surface area contributed by atoms with Gasteiger partial charge in [0, 0.05) is 17.8 Å². The van der Waals surface area contributed by atoms with Gasteiger partial charge in [-0.3, -0.25) is 4.79 Å². The highest BCUT2D eigenvalue weighted by atomic mass is 16.5. The average molecular weight is 338 g/mol. The Morgan fingerprint density at radius 3 is 2.56 bits per heavy atom. The Bertz CT molecular complexity index is 691. The molecule has 0 atom stereocenters. The summed E-state index contributed by atoms with van der Waals surface area (Å²) in [5, 5.41) is 2.98. The third-order valence-electron chi connectivity index (χ3n) is 4.70. The fourth-order valence-corrected chi connectivity index (χ4v) is 3.22. The molecule has 0 bridgehead atoms. The minimum absolute atomic E-state index is 0.101. The van der Waals surface area contributed by atoms with Gasteiger partial charge in [0.2, 0.25) is 0 Å². The Balaban J connectivity index is 1.57. The van der Waals surface area contributed by atoms with Crippen LogP contribution in [-0.2, 0) is 6.42 Å². The summed E-state index contributed by atoms with van der Waals surface area (Å²) in [4.78, 5) is 14.9. The van der Waals surface area contributed by atoms with E-state index in [-0.39, 0.29) is 5.91 Å². The molecule has 1 aliphatic heterocycles. The standard InChI is InChI=1S/C21H26N2O2/c1-25-20-10-8-18(9-11-20)21(24)22-19-7-5-6-17(16-19)12-15-23-13-3-2-4-14-23/h5-11,16H,2-4,12-15H2,1H3,(H,22,24). The molecule has 2 aromatic rings. The van der Waals surface area contributed by atoms with Crippen LogP contribution in [0.25, 0.3) is 0 Å². The molecule has 0 unspecified atom stereocenters. The van der Waals surface area contributed by atoms with E-state index in [0.29, 0.717) is 5.56 Å². The summed E-state index contributed by atoms with van der Waals surface area (Å²) in [5.74, 6) is 0.645. The van der Waals surface area contributed by atoms with Crippen LogP contribution in [0.5, 0.6) is 5.75 Å². The van der Waals surface area contributed by atoms with Gasteiger partial charge >= 0.3 is 0 Å². The number of nitrogens with one attached hydrogen (secondary N) is 1. The van der Waals surface area contributed by atoms with Crippen LogP contribution in [0.3, 0.4) is 0 Å². The fourth-order valence-electron chi connectivity index (χ4n) is 3.22. The van der Waals surface area contributed by atoms with Gasteiger partial charge < -0.3 is 15.0 Å². The van der Waals surface area contributed by atoms with E-state index in [9.17, 15) is 4.79 Å². The van der Waals surface area contributed by atoms with Gasteiger partial charge in [0.1, 0.15) is 5.75 Å². The number of methoxy groups -OCH3 is 1. The Morgan fingerprint density at radius 1 is 1.08 bits per heavy atom. The summed E-state index contributed by atoms with van der Waals surface area (Å²) in [7, 11) is 1.62. The predicted octanol–water partition coefficient (Wildman–Crippen LogP) is 3.98. The summed E-state index contributed by atoms with van der Waals surface area (Å²) in [5.41, 5.74) is 2.73. The molecule has 1 fully saturated rings. The van der Waals surface area contributed by atoms with Gasteiger partial charge in [0.05, 0.1) is 7.11 Å². The summed E-state index contributed by atoms with van der Waals surface area (Å²) in [6, 6.07) is 15.3. The monoisotopic (exact) mass is 338 g/mol. The van der Waals surface area contributed by atoms with Crippen LogP contribution in [0.4, 0.5) is 5.69 Å². The Labute approximate surface area is 149 Å². The molecular formula is C21H26N2O2. The number of anilines is 1. The van der Waals surface area contributed by atoms with Crippen LogP contribution in [0.1, 0.15) is 35.2 Å². The second kappa shape index (κ2) is 8.67. The van der Waals surface area contributed by atoms with Gasteiger partial charge in [-0.1, -0.05) is 18.6 Å². The van der Waals surface area contributed by atoms with Crippen molar-refractivity contribution >= 4 is 11.6 Å². The van der Waals surface area contributed by atoms with Crippen molar-refractivity contribution < 1.29 is 9.53 Å². The zero-order chi connectivity index (χ0) is 17.5. The summed E-state index contributed by atoms with van der Waals surface area (Å²) < 4.78 is 5.12. The van der Waals surface area contributed by atoms with Gasteiger partial charge in [0.25, 0.3) is 5.91 Å². The van der Waals surface area contributed by atoms with E-state index in [4.69, 9.17) is 4.74 Å². The second-order valence-corrected chi connectivity index (χ2v) is 6.54. The van der Waals surface area contributed by atoms with Crippen LogP contribution in [-0.4, -0.2) is 37.6 Å². The Morgan fingerprint density at radius 2 is 1.84 bits per heavy atom. The third-order valence-corrected chi connectivity index (χ3v) is 4.70. The summed E-state index contributed by atoms with van der Waals surface area (Å²) in [6.45, 7) is 3.53. The molecule has 0 aromatic heterocycles. The van der Waals surface area contributed by atoms with E-state index in [1.807, 2.05) is 12.1 Å². The van der Waals surface area contributed by atoms with Gasteiger partial charge in [-0.2, -0.15) is 0 Å². The number of likely N-dealkylation sites (tertiary alicyclic amines) is 1. The zero-order valence-electron chi connectivity index (χ0n) is 14.8. The normalized spacial score (nSPS) is 14.9. The topological polar surface area (TPSA) is 41.6 Å². The lowest BCUT2D eigenvalue weighted by atomic mass is 10.1. The number of hydrogen-bond donors (Lipinski definition) is 1. The number of carbonyl (C=O) groups is 1. The highest BCUT2D eigenvalue weighted by molar-refractivity contribution is 6.04.